The summed E-state index contributed by atoms with van der Waals surface area (Å²) in [6.45, 7) is 4.87. The molecule has 2 heterocycles. The zero-order chi connectivity index (χ0) is 23.8. The second-order valence-corrected chi connectivity index (χ2v) is 8.56. The summed E-state index contributed by atoms with van der Waals surface area (Å²) in [5, 5.41) is 2.99. The third-order valence-corrected chi connectivity index (χ3v) is 6.26. The molecule has 1 aromatic heterocycles. The molecule has 1 aliphatic heterocycles. The number of carbonyl (C=O) groups excluding carboxylic acids is 2. The van der Waals surface area contributed by atoms with Crippen LogP contribution in [-0.2, 0) is 16.0 Å². The molecule has 3 aromatic rings. The Bertz CT molecular complexity index is 1070. The molecule has 0 saturated carbocycles. The summed E-state index contributed by atoms with van der Waals surface area (Å²) in [4.78, 5) is 37.9. The molecule has 1 unspecified atom stereocenters. The molecule has 1 aliphatic rings. The first-order chi connectivity index (χ1) is 16.6. The van der Waals surface area contributed by atoms with Gasteiger partial charge in [0.05, 0.1) is 6.42 Å². The summed E-state index contributed by atoms with van der Waals surface area (Å²) in [6.07, 6.45) is 5.17. The molecule has 1 N–H and O–H groups in total. The Kier molecular flexibility index (Phi) is 7.86. The first-order valence-electron chi connectivity index (χ1n) is 11.9. The molecule has 34 heavy (non-hydrogen) atoms. The fourth-order valence-corrected chi connectivity index (χ4v) is 4.26. The van der Waals surface area contributed by atoms with E-state index in [0.29, 0.717) is 31.9 Å². The van der Waals surface area contributed by atoms with Crippen LogP contribution in [0.4, 0.5) is 11.6 Å². The predicted molar refractivity (Wildman–Crippen MR) is 134 cm³/mol. The minimum Gasteiger partial charge on any atom is -0.339 e. The number of benzene rings is 2. The zero-order valence-electron chi connectivity index (χ0n) is 19.6. The molecule has 2 amide bonds. The Morgan fingerprint density at radius 2 is 1.59 bits per heavy atom. The summed E-state index contributed by atoms with van der Waals surface area (Å²) >= 11 is 0. The molecular weight excluding hydrogens is 426 g/mol. The van der Waals surface area contributed by atoms with Gasteiger partial charge in [-0.25, -0.2) is 9.97 Å². The molecule has 0 radical (unpaired) electrons. The van der Waals surface area contributed by atoms with Crippen molar-refractivity contribution in [3.8, 4) is 0 Å². The minimum atomic E-state index is -0.000189. The van der Waals surface area contributed by atoms with Gasteiger partial charge in [0.25, 0.3) is 0 Å². The highest BCUT2D eigenvalue weighted by molar-refractivity contribution is 5.91. The Morgan fingerprint density at radius 1 is 0.912 bits per heavy atom. The number of anilines is 2. The van der Waals surface area contributed by atoms with Gasteiger partial charge in [0.1, 0.15) is 0 Å². The highest BCUT2D eigenvalue weighted by Crippen LogP contribution is 2.24. The largest absolute Gasteiger partial charge is 0.339 e. The van der Waals surface area contributed by atoms with Gasteiger partial charge in [-0.1, -0.05) is 49.4 Å². The van der Waals surface area contributed by atoms with E-state index in [1.807, 2.05) is 47.4 Å². The summed E-state index contributed by atoms with van der Waals surface area (Å²) in [6, 6.07) is 19.5. The number of aromatic nitrogens is 2. The van der Waals surface area contributed by atoms with Crippen LogP contribution in [0.1, 0.15) is 36.8 Å². The van der Waals surface area contributed by atoms with Crippen molar-refractivity contribution in [2.45, 2.75) is 32.1 Å². The molecule has 1 atom stereocenters. The van der Waals surface area contributed by atoms with Gasteiger partial charge in [-0.05, 0) is 41.7 Å². The Morgan fingerprint density at radius 3 is 2.24 bits per heavy atom. The van der Waals surface area contributed by atoms with Crippen molar-refractivity contribution in [1.29, 1.82) is 0 Å². The average Bonchev–Trinajstić information content (AvgIpc) is 2.89. The van der Waals surface area contributed by atoms with E-state index in [0.717, 1.165) is 30.8 Å². The normalized spacial score (nSPS) is 14.5. The SMILES string of the molecule is CCC(CC(=O)Nc1ccc(CC(=O)N2CCN(c3ncccn3)CC2)cc1)c1ccccc1. The number of piperazine rings is 1. The lowest BCUT2D eigenvalue weighted by Crippen LogP contribution is -2.49. The number of nitrogens with one attached hydrogen (secondary N) is 1. The predicted octanol–water partition coefficient (Wildman–Crippen LogP) is 3.89. The lowest BCUT2D eigenvalue weighted by Gasteiger charge is -2.34. The fraction of sp³-hybridized carbons (Fsp3) is 0.333. The van der Waals surface area contributed by atoms with Crippen LogP contribution in [0.25, 0.3) is 0 Å². The molecule has 7 nitrogen and oxygen atoms in total. The van der Waals surface area contributed by atoms with Gasteiger partial charge < -0.3 is 15.1 Å². The van der Waals surface area contributed by atoms with E-state index in [-0.39, 0.29) is 17.7 Å². The number of carbonyl (C=O) groups is 2. The van der Waals surface area contributed by atoms with Gasteiger partial charge in [-0.3, -0.25) is 9.59 Å². The highest BCUT2D eigenvalue weighted by atomic mass is 16.2. The fourth-order valence-electron chi connectivity index (χ4n) is 4.26. The zero-order valence-corrected chi connectivity index (χ0v) is 19.6. The van der Waals surface area contributed by atoms with Crippen LogP contribution in [0.3, 0.4) is 0 Å². The van der Waals surface area contributed by atoms with E-state index >= 15 is 0 Å². The maximum atomic E-state index is 12.8. The van der Waals surface area contributed by atoms with Crippen molar-refractivity contribution in [3.05, 3.63) is 84.2 Å². The van der Waals surface area contributed by atoms with E-state index in [2.05, 4.69) is 39.2 Å². The van der Waals surface area contributed by atoms with E-state index in [4.69, 9.17) is 0 Å². The maximum absolute atomic E-state index is 12.8. The molecule has 4 rings (SSSR count). The van der Waals surface area contributed by atoms with Crippen molar-refractivity contribution in [2.24, 2.45) is 0 Å². The Balaban J connectivity index is 1.25. The summed E-state index contributed by atoms with van der Waals surface area (Å²) < 4.78 is 0. The second kappa shape index (κ2) is 11.4. The topological polar surface area (TPSA) is 78.4 Å². The van der Waals surface area contributed by atoms with Crippen molar-refractivity contribution in [1.82, 2.24) is 14.9 Å². The van der Waals surface area contributed by atoms with Gasteiger partial charge in [-0.2, -0.15) is 0 Å². The van der Waals surface area contributed by atoms with Crippen LogP contribution < -0.4 is 10.2 Å². The molecule has 1 fully saturated rings. The van der Waals surface area contributed by atoms with Crippen LogP contribution in [0.2, 0.25) is 0 Å². The molecule has 1 saturated heterocycles. The number of amides is 2. The molecule has 176 valence electrons. The van der Waals surface area contributed by atoms with Crippen LogP contribution in [0.15, 0.2) is 73.1 Å². The molecule has 7 heteroatoms. The first-order valence-corrected chi connectivity index (χ1v) is 11.9. The molecule has 0 bridgehead atoms. The monoisotopic (exact) mass is 457 g/mol. The molecule has 2 aromatic carbocycles. The second-order valence-electron chi connectivity index (χ2n) is 8.56. The summed E-state index contributed by atoms with van der Waals surface area (Å²) in [5.74, 6) is 1.02. The molecule has 0 spiro atoms. The van der Waals surface area contributed by atoms with Crippen molar-refractivity contribution in [2.75, 3.05) is 36.4 Å². The lowest BCUT2D eigenvalue weighted by molar-refractivity contribution is -0.130. The van der Waals surface area contributed by atoms with Gasteiger partial charge >= 0.3 is 0 Å². The highest BCUT2D eigenvalue weighted by Gasteiger charge is 2.22. The van der Waals surface area contributed by atoms with E-state index in [1.165, 1.54) is 5.56 Å². The third kappa shape index (κ3) is 6.19. The van der Waals surface area contributed by atoms with Gasteiger partial charge in [0.15, 0.2) is 0 Å². The average molecular weight is 458 g/mol. The van der Waals surface area contributed by atoms with Crippen LogP contribution in [-0.4, -0.2) is 52.9 Å². The van der Waals surface area contributed by atoms with Crippen LogP contribution >= 0.6 is 0 Å². The molecule has 0 aliphatic carbocycles. The third-order valence-electron chi connectivity index (χ3n) is 6.26. The van der Waals surface area contributed by atoms with Crippen LogP contribution in [0, 0.1) is 0 Å². The van der Waals surface area contributed by atoms with E-state index in [9.17, 15) is 9.59 Å². The van der Waals surface area contributed by atoms with E-state index < -0.39 is 0 Å². The quantitative estimate of drug-likeness (QED) is 0.555. The van der Waals surface area contributed by atoms with Crippen LogP contribution in [0.5, 0.6) is 0 Å². The lowest BCUT2D eigenvalue weighted by atomic mass is 9.93. The summed E-state index contributed by atoms with van der Waals surface area (Å²) in [5.41, 5.74) is 2.87. The smallest absolute Gasteiger partial charge is 0.227 e. The standard InChI is InChI=1S/C27H31N5O2/c1-2-22(23-7-4-3-5-8-23)20-25(33)30-24-11-9-21(10-12-24)19-26(34)31-15-17-32(18-16-31)27-28-13-6-14-29-27/h3-14,22H,2,15-20H2,1H3,(H,30,33). The first kappa shape index (κ1) is 23.4. The Hall–Kier alpha value is -3.74. The van der Waals surface area contributed by atoms with Crippen molar-refractivity contribution in [3.63, 3.8) is 0 Å². The number of hydrogen-bond donors (Lipinski definition) is 1. The number of rotatable bonds is 8. The van der Waals surface area contributed by atoms with Crippen molar-refractivity contribution < 1.29 is 9.59 Å². The maximum Gasteiger partial charge on any atom is 0.227 e. The number of hydrogen-bond acceptors (Lipinski definition) is 5. The summed E-state index contributed by atoms with van der Waals surface area (Å²) in [7, 11) is 0. The van der Waals surface area contributed by atoms with Crippen molar-refractivity contribution >= 4 is 23.5 Å². The Labute approximate surface area is 200 Å². The molecular formula is C27H31N5O2. The van der Waals surface area contributed by atoms with Gasteiger partial charge in [0.2, 0.25) is 17.8 Å². The number of nitrogens with zero attached hydrogens (tertiary/aromatic N) is 4. The minimum absolute atomic E-state index is 0.000189. The van der Waals surface area contributed by atoms with E-state index in [1.54, 1.807) is 18.5 Å². The van der Waals surface area contributed by atoms with Gasteiger partial charge in [0, 0.05) is 50.7 Å². The van der Waals surface area contributed by atoms with Gasteiger partial charge in [-0.15, -0.1) is 0 Å².